The SMILES string of the molecule is NC(=O)c1ccc(N2CCN(C(=O)C3CCC3)CC2)nc1. The number of rotatable bonds is 3. The van der Waals surface area contributed by atoms with Crippen LogP contribution >= 0.6 is 0 Å². The van der Waals surface area contributed by atoms with Gasteiger partial charge in [-0.15, -0.1) is 0 Å². The van der Waals surface area contributed by atoms with Crippen molar-refractivity contribution in [1.82, 2.24) is 9.88 Å². The minimum atomic E-state index is -0.468. The zero-order valence-electron chi connectivity index (χ0n) is 12.0. The Labute approximate surface area is 123 Å². The molecule has 1 aliphatic heterocycles. The summed E-state index contributed by atoms with van der Waals surface area (Å²) in [4.78, 5) is 31.6. The van der Waals surface area contributed by atoms with E-state index in [1.54, 1.807) is 6.07 Å². The Hall–Kier alpha value is -2.11. The first kappa shape index (κ1) is 13.9. The number of nitrogens with two attached hydrogens (primary N) is 1. The average molecular weight is 288 g/mol. The maximum Gasteiger partial charge on any atom is 0.250 e. The van der Waals surface area contributed by atoms with E-state index in [0.717, 1.165) is 44.8 Å². The molecule has 6 nitrogen and oxygen atoms in total. The van der Waals surface area contributed by atoms with Gasteiger partial charge >= 0.3 is 0 Å². The van der Waals surface area contributed by atoms with Crippen LogP contribution in [-0.4, -0.2) is 47.9 Å². The normalized spacial score (nSPS) is 19.2. The summed E-state index contributed by atoms with van der Waals surface area (Å²) in [5, 5.41) is 0. The van der Waals surface area contributed by atoms with E-state index in [9.17, 15) is 9.59 Å². The number of primary amides is 1. The minimum absolute atomic E-state index is 0.268. The number of hydrogen-bond donors (Lipinski definition) is 1. The lowest BCUT2D eigenvalue weighted by Crippen LogP contribution is -2.51. The summed E-state index contributed by atoms with van der Waals surface area (Å²) in [6, 6.07) is 3.50. The van der Waals surface area contributed by atoms with Gasteiger partial charge in [-0.05, 0) is 25.0 Å². The van der Waals surface area contributed by atoms with Crippen molar-refractivity contribution < 1.29 is 9.59 Å². The number of carbonyl (C=O) groups excluding carboxylic acids is 2. The third-order valence-corrected chi connectivity index (χ3v) is 4.40. The largest absolute Gasteiger partial charge is 0.366 e. The molecule has 0 aromatic carbocycles. The number of carbonyl (C=O) groups is 2. The highest BCUT2D eigenvalue weighted by molar-refractivity contribution is 5.92. The van der Waals surface area contributed by atoms with Crippen molar-refractivity contribution in [2.24, 2.45) is 11.7 Å². The fourth-order valence-electron chi connectivity index (χ4n) is 2.79. The third kappa shape index (κ3) is 2.84. The summed E-state index contributed by atoms with van der Waals surface area (Å²) >= 11 is 0. The van der Waals surface area contributed by atoms with Gasteiger partial charge in [-0.2, -0.15) is 0 Å². The van der Waals surface area contributed by atoms with Gasteiger partial charge in [-0.25, -0.2) is 4.98 Å². The monoisotopic (exact) mass is 288 g/mol. The molecule has 0 bridgehead atoms. The van der Waals surface area contributed by atoms with E-state index in [-0.39, 0.29) is 5.92 Å². The highest BCUT2D eigenvalue weighted by Gasteiger charge is 2.31. The van der Waals surface area contributed by atoms with E-state index < -0.39 is 5.91 Å². The molecule has 3 rings (SSSR count). The number of piperazine rings is 1. The van der Waals surface area contributed by atoms with Gasteiger partial charge in [0.2, 0.25) is 11.8 Å². The van der Waals surface area contributed by atoms with Crippen LogP contribution in [0.1, 0.15) is 29.6 Å². The van der Waals surface area contributed by atoms with Crippen LogP contribution in [0.25, 0.3) is 0 Å². The Balaban J connectivity index is 1.57. The van der Waals surface area contributed by atoms with E-state index in [0.29, 0.717) is 11.5 Å². The summed E-state index contributed by atoms with van der Waals surface area (Å²) in [6.07, 6.45) is 4.79. The average Bonchev–Trinajstić information content (AvgIpc) is 2.46. The van der Waals surface area contributed by atoms with Crippen molar-refractivity contribution in [1.29, 1.82) is 0 Å². The maximum atomic E-state index is 12.2. The number of hydrogen-bond acceptors (Lipinski definition) is 4. The first-order valence-electron chi connectivity index (χ1n) is 7.45. The smallest absolute Gasteiger partial charge is 0.250 e. The molecule has 1 aliphatic carbocycles. The Bertz CT molecular complexity index is 531. The van der Waals surface area contributed by atoms with Crippen molar-refractivity contribution in [2.75, 3.05) is 31.1 Å². The van der Waals surface area contributed by atoms with Crippen molar-refractivity contribution in [2.45, 2.75) is 19.3 Å². The van der Waals surface area contributed by atoms with Gasteiger partial charge in [0.25, 0.3) is 0 Å². The molecule has 2 fully saturated rings. The topological polar surface area (TPSA) is 79.5 Å². The second-order valence-corrected chi connectivity index (χ2v) is 5.71. The Morgan fingerprint density at radius 2 is 1.86 bits per heavy atom. The summed E-state index contributed by atoms with van der Waals surface area (Å²) in [5.41, 5.74) is 5.62. The molecule has 2 heterocycles. The molecule has 2 aliphatic rings. The lowest BCUT2D eigenvalue weighted by Gasteiger charge is -2.38. The van der Waals surface area contributed by atoms with Crippen LogP contribution in [0.4, 0.5) is 5.82 Å². The highest BCUT2D eigenvalue weighted by Crippen LogP contribution is 2.28. The van der Waals surface area contributed by atoms with E-state index in [1.165, 1.54) is 12.6 Å². The fraction of sp³-hybridized carbons (Fsp3) is 0.533. The fourth-order valence-corrected chi connectivity index (χ4v) is 2.79. The van der Waals surface area contributed by atoms with Gasteiger partial charge in [0.15, 0.2) is 0 Å². The van der Waals surface area contributed by atoms with Crippen LogP contribution in [0.3, 0.4) is 0 Å². The number of nitrogens with zero attached hydrogens (tertiary/aromatic N) is 3. The summed E-state index contributed by atoms with van der Waals surface area (Å²) < 4.78 is 0. The van der Waals surface area contributed by atoms with Gasteiger partial charge in [-0.3, -0.25) is 9.59 Å². The Morgan fingerprint density at radius 3 is 2.33 bits per heavy atom. The van der Waals surface area contributed by atoms with Gasteiger partial charge in [0, 0.05) is 38.3 Å². The number of anilines is 1. The molecule has 21 heavy (non-hydrogen) atoms. The van der Waals surface area contributed by atoms with Gasteiger partial charge < -0.3 is 15.5 Å². The van der Waals surface area contributed by atoms with E-state index in [1.807, 2.05) is 11.0 Å². The molecular weight excluding hydrogens is 268 g/mol. The van der Waals surface area contributed by atoms with Crippen LogP contribution < -0.4 is 10.6 Å². The molecule has 1 saturated heterocycles. The number of pyridine rings is 1. The van der Waals surface area contributed by atoms with E-state index >= 15 is 0 Å². The maximum absolute atomic E-state index is 12.2. The zero-order valence-corrected chi connectivity index (χ0v) is 12.0. The van der Waals surface area contributed by atoms with Crippen LogP contribution in [-0.2, 0) is 4.79 Å². The molecule has 1 aromatic heterocycles. The second kappa shape index (κ2) is 5.71. The summed E-state index contributed by atoms with van der Waals surface area (Å²) in [7, 11) is 0. The molecule has 2 amide bonds. The second-order valence-electron chi connectivity index (χ2n) is 5.71. The first-order chi connectivity index (χ1) is 10.1. The lowest BCUT2D eigenvalue weighted by molar-refractivity contribution is -0.138. The zero-order chi connectivity index (χ0) is 14.8. The molecule has 0 spiro atoms. The highest BCUT2D eigenvalue weighted by atomic mass is 16.2. The molecule has 0 unspecified atom stereocenters. The standard InChI is InChI=1S/C15H20N4O2/c16-14(20)12-4-5-13(17-10-12)18-6-8-19(9-7-18)15(21)11-2-1-3-11/h4-5,10-11H,1-3,6-9H2,(H2,16,20). The summed E-state index contributed by atoms with van der Waals surface area (Å²) in [6.45, 7) is 3.05. The molecule has 1 saturated carbocycles. The Morgan fingerprint density at radius 1 is 1.14 bits per heavy atom. The van der Waals surface area contributed by atoms with Gasteiger partial charge in [0.05, 0.1) is 5.56 Å². The van der Waals surface area contributed by atoms with Gasteiger partial charge in [0.1, 0.15) is 5.82 Å². The first-order valence-corrected chi connectivity index (χ1v) is 7.45. The lowest BCUT2D eigenvalue weighted by atomic mass is 9.84. The molecule has 0 radical (unpaired) electrons. The van der Waals surface area contributed by atoms with E-state index in [2.05, 4.69) is 9.88 Å². The van der Waals surface area contributed by atoms with E-state index in [4.69, 9.17) is 5.73 Å². The van der Waals surface area contributed by atoms with Crippen LogP contribution in [0, 0.1) is 5.92 Å². The molecule has 0 atom stereocenters. The van der Waals surface area contributed by atoms with Crippen LogP contribution in [0.2, 0.25) is 0 Å². The summed E-state index contributed by atoms with van der Waals surface area (Å²) in [5.74, 6) is 0.947. The number of amides is 2. The Kier molecular flexibility index (Phi) is 3.77. The van der Waals surface area contributed by atoms with Crippen LogP contribution in [0.15, 0.2) is 18.3 Å². The van der Waals surface area contributed by atoms with Crippen molar-refractivity contribution >= 4 is 17.6 Å². The molecule has 112 valence electrons. The van der Waals surface area contributed by atoms with Gasteiger partial charge in [-0.1, -0.05) is 6.42 Å². The quantitative estimate of drug-likeness (QED) is 0.884. The van der Waals surface area contributed by atoms with Crippen molar-refractivity contribution in [3.05, 3.63) is 23.9 Å². The number of aromatic nitrogens is 1. The third-order valence-electron chi connectivity index (χ3n) is 4.40. The molecule has 1 aromatic rings. The predicted octanol–water partition coefficient (Wildman–Crippen LogP) is 0.629. The van der Waals surface area contributed by atoms with Crippen molar-refractivity contribution in [3.63, 3.8) is 0 Å². The minimum Gasteiger partial charge on any atom is -0.366 e. The predicted molar refractivity (Wildman–Crippen MR) is 78.9 cm³/mol. The molecular formula is C15H20N4O2. The molecule has 6 heteroatoms. The van der Waals surface area contributed by atoms with Crippen LogP contribution in [0.5, 0.6) is 0 Å². The molecule has 2 N–H and O–H groups in total. The van der Waals surface area contributed by atoms with Crippen molar-refractivity contribution in [3.8, 4) is 0 Å².